The van der Waals surface area contributed by atoms with E-state index in [1.54, 1.807) is 24.5 Å². The molecule has 2 unspecified atom stereocenters. The number of rotatable bonds is 5. The van der Waals surface area contributed by atoms with Gasteiger partial charge in [-0.25, -0.2) is 0 Å². The number of hydrogen-bond acceptors (Lipinski definition) is 4. The lowest BCUT2D eigenvalue weighted by Gasteiger charge is -2.13. The molecule has 2 atom stereocenters. The minimum absolute atomic E-state index is 0.147. The molecule has 0 spiro atoms. The molecule has 6 heteroatoms. The maximum Gasteiger partial charge on any atom is 0.251 e. The van der Waals surface area contributed by atoms with E-state index >= 15 is 0 Å². The molecular formula is C12H18N2O3S. The Morgan fingerprint density at radius 1 is 1.56 bits per heavy atom. The number of nitrogens with one attached hydrogen (secondary N) is 1. The molecule has 3 N–H and O–H groups in total. The predicted molar refractivity (Wildman–Crippen MR) is 73.3 cm³/mol. The molecule has 18 heavy (non-hydrogen) atoms. The van der Waals surface area contributed by atoms with Crippen molar-refractivity contribution < 1.29 is 13.7 Å². The van der Waals surface area contributed by atoms with E-state index in [1.165, 1.54) is 7.11 Å². The molecule has 0 aliphatic rings. The van der Waals surface area contributed by atoms with Crippen LogP contribution in [-0.4, -0.2) is 35.3 Å². The van der Waals surface area contributed by atoms with E-state index < -0.39 is 10.8 Å². The summed E-state index contributed by atoms with van der Waals surface area (Å²) in [6.45, 7) is 1.81. The van der Waals surface area contributed by atoms with Crippen LogP contribution in [-0.2, 0) is 10.8 Å². The Morgan fingerprint density at radius 2 is 2.22 bits per heavy atom. The summed E-state index contributed by atoms with van der Waals surface area (Å²) >= 11 is 0. The molecule has 0 saturated carbocycles. The van der Waals surface area contributed by atoms with Gasteiger partial charge in [-0.2, -0.15) is 0 Å². The van der Waals surface area contributed by atoms with E-state index in [-0.39, 0.29) is 11.9 Å². The smallest absolute Gasteiger partial charge is 0.251 e. The number of amides is 1. The average Bonchev–Trinajstić information content (AvgIpc) is 2.27. The molecule has 0 aromatic heterocycles. The van der Waals surface area contributed by atoms with Crippen molar-refractivity contribution in [3.05, 3.63) is 23.8 Å². The van der Waals surface area contributed by atoms with Crippen LogP contribution in [0.15, 0.2) is 18.2 Å². The molecular weight excluding hydrogens is 252 g/mol. The maximum atomic E-state index is 11.9. The van der Waals surface area contributed by atoms with Crippen molar-refractivity contribution in [2.75, 3.05) is 24.9 Å². The minimum atomic E-state index is -0.937. The molecule has 1 amide bonds. The third kappa shape index (κ3) is 4.03. The van der Waals surface area contributed by atoms with Crippen molar-refractivity contribution in [2.45, 2.75) is 13.0 Å². The first-order valence-corrected chi connectivity index (χ1v) is 7.21. The topological polar surface area (TPSA) is 81.4 Å². The van der Waals surface area contributed by atoms with Gasteiger partial charge in [0.1, 0.15) is 5.75 Å². The van der Waals surface area contributed by atoms with E-state index in [0.29, 0.717) is 22.8 Å². The van der Waals surface area contributed by atoms with Crippen molar-refractivity contribution in [2.24, 2.45) is 0 Å². The molecule has 0 aliphatic carbocycles. The number of hydrogen-bond donors (Lipinski definition) is 2. The second kappa shape index (κ2) is 6.39. The monoisotopic (exact) mass is 270 g/mol. The first-order chi connectivity index (χ1) is 8.43. The first kappa shape index (κ1) is 14.5. The van der Waals surface area contributed by atoms with Gasteiger partial charge in [-0.15, -0.1) is 0 Å². The van der Waals surface area contributed by atoms with E-state index in [1.807, 2.05) is 6.92 Å². The molecule has 1 aromatic rings. The zero-order chi connectivity index (χ0) is 13.7. The summed E-state index contributed by atoms with van der Waals surface area (Å²) in [5, 5.41) is 2.76. The number of nitrogen functional groups attached to an aromatic ring is 1. The van der Waals surface area contributed by atoms with Crippen LogP contribution in [0.2, 0.25) is 0 Å². The highest BCUT2D eigenvalue weighted by atomic mass is 32.2. The fraction of sp³-hybridized carbons (Fsp3) is 0.417. The molecule has 0 radical (unpaired) electrons. The summed E-state index contributed by atoms with van der Waals surface area (Å²) < 4.78 is 16.0. The van der Waals surface area contributed by atoms with Gasteiger partial charge in [-0.05, 0) is 25.1 Å². The van der Waals surface area contributed by atoms with Gasteiger partial charge in [0, 0.05) is 34.4 Å². The summed E-state index contributed by atoms with van der Waals surface area (Å²) in [5.41, 5.74) is 6.60. The van der Waals surface area contributed by atoms with Gasteiger partial charge in [0.15, 0.2) is 0 Å². The van der Waals surface area contributed by atoms with Gasteiger partial charge in [-0.3, -0.25) is 9.00 Å². The van der Waals surface area contributed by atoms with Gasteiger partial charge in [0.05, 0.1) is 12.8 Å². The van der Waals surface area contributed by atoms with Crippen molar-refractivity contribution in [1.29, 1.82) is 0 Å². The largest absolute Gasteiger partial charge is 0.495 e. The average molecular weight is 270 g/mol. The zero-order valence-electron chi connectivity index (χ0n) is 10.7. The lowest BCUT2D eigenvalue weighted by molar-refractivity contribution is 0.0943. The Labute approximate surface area is 109 Å². The number of nitrogens with two attached hydrogens (primary N) is 1. The molecule has 0 saturated heterocycles. The van der Waals surface area contributed by atoms with E-state index in [2.05, 4.69) is 5.32 Å². The third-order valence-electron chi connectivity index (χ3n) is 2.35. The van der Waals surface area contributed by atoms with Crippen molar-refractivity contribution in [1.82, 2.24) is 5.32 Å². The number of methoxy groups -OCH3 is 1. The van der Waals surface area contributed by atoms with Gasteiger partial charge in [0.25, 0.3) is 5.91 Å². The van der Waals surface area contributed by atoms with Gasteiger partial charge in [-0.1, -0.05) is 0 Å². The summed E-state index contributed by atoms with van der Waals surface area (Å²) in [6.07, 6.45) is 1.61. The van der Waals surface area contributed by atoms with Crippen LogP contribution < -0.4 is 15.8 Å². The molecule has 1 aromatic carbocycles. The Morgan fingerprint density at radius 3 is 2.72 bits per heavy atom. The Kier molecular flexibility index (Phi) is 5.15. The number of anilines is 1. The molecule has 0 fully saturated rings. The lowest BCUT2D eigenvalue weighted by atomic mass is 10.1. The van der Waals surface area contributed by atoms with E-state index in [0.717, 1.165) is 0 Å². The highest BCUT2D eigenvalue weighted by molar-refractivity contribution is 7.84. The van der Waals surface area contributed by atoms with E-state index in [4.69, 9.17) is 10.5 Å². The standard InChI is InChI=1S/C12H18N2O3S/c1-8(7-18(3)16)14-12(15)9-4-5-11(17-2)10(13)6-9/h4-6,8H,7,13H2,1-3H3,(H,14,15). The van der Waals surface area contributed by atoms with Crippen molar-refractivity contribution in [3.63, 3.8) is 0 Å². The third-order valence-corrected chi connectivity index (χ3v) is 3.32. The summed E-state index contributed by atoms with van der Waals surface area (Å²) in [4.78, 5) is 11.9. The zero-order valence-corrected chi connectivity index (χ0v) is 11.5. The predicted octanol–water partition coefficient (Wildman–Crippen LogP) is 0.774. The first-order valence-electron chi connectivity index (χ1n) is 5.48. The van der Waals surface area contributed by atoms with Crippen LogP contribution in [0.25, 0.3) is 0 Å². The quantitative estimate of drug-likeness (QED) is 0.775. The Balaban J connectivity index is 2.72. The van der Waals surface area contributed by atoms with Crippen LogP contribution >= 0.6 is 0 Å². The summed E-state index contributed by atoms with van der Waals surface area (Å²) in [5.74, 6) is 0.730. The number of carbonyl (C=O) groups excluding carboxylic acids is 1. The summed E-state index contributed by atoms with van der Waals surface area (Å²) in [7, 11) is 0.581. The second-order valence-electron chi connectivity index (χ2n) is 4.07. The molecule has 0 bridgehead atoms. The Hall–Kier alpha value is -1.56. The van der Waals surface area contributed by atoms with Crippen LogP contribution in [0.5, 0.6) is 5.75 Å². The summed E-state index contributed by atoms with van der Waals surface area (Å²) in [6, 6.07) is 4.70. The minimum Gasteiger partial charge on any atom is -0.495 e. The van der Waals surface area contributed by atoms with Crippen molar-refractivity contribution in [3.8, 4) is 5.75 Å². The number of carbonyl (C=O) groups is 1. The molecule has 0 heterocycles. The molecule has 5 nitrogen and oxygen atoms in total. The highest BCUT2D eigenvalue weighted by Gasteiger charge is 2.12. The Bertz CT molecular complexity index is 463. The normalized spacial score (nSPS) is 13.7. The van der Waals surface area contributed by atoms with Crippen LogP contribution in [0.4, 0.5) is 5.69 Å². The second-order valence-corrected chi connectivity index (χ2v) is 5.55. The number of benzene rings is 1. The van der Waals surface area contributed by atoms with Crippen LogP contribution in [0.1, 0.15) is 17.3 Å². The lowest BCUT2D eigenvalue weighted by Crippen LogP contribution is -2.36. The maximum absolute atomic E-state index is 11.9. The van der Waals surface area contributed by atoms with Gasteiger partial charge < -0.3 is 15.8 Å². The molecule has 1 rings (SSSR count). The van der Waals surface area contributed by atoms with E-state index in [9.17, 15) is 9.00 Å². The number of ether oxygens (including phenoxy) is 1. The SMILES string of the molecule is COc1ccc(C(=O)NC(C)CS(C)=O)cc1N. The highest BCUT2D eigenvalue weighted by Crippen LogP contribution is 2.21. The molecule has 100 valence electrons. The van der Waals surface area contributed by atoms with Gasteiger partial charge >= 0.3 is 0 Å². The van der Waals surface area contributed by atoms with Gasteiger partial charge in [0.2, 0.25) is 0 Å². The molecule has 0 aliphatic heterocycles. The van der Waals surface area contributed by atoms with Crippen molar-refractivity contribution >= 4 is 22.4 Å². The fourth-order valence-electron chi connectivity index (χ4n) is 1.58. The van der Waals surface area contributed by atoms with Crippen LogP contribution in [0.3, 0.4) is 0 Å². The van der Waals surface area contributed by atoms with Crippen LogP contribution in [0, 0.1) is 0 Å². The fourth-order valence-corrected chi connectivity index (χ4v) is 2.36.